The topological polar surface area (TPSA) is 177 Å². The third-order valence-corrected chi connectivity index (χ3v) is 8.82. The lowest BCUT2D eigenvalue weighted by Gasteiger charge is -2.50. The van der Waals surface area contributed by atoms with Crippen LogP contribution in [-0.2, 0) is 33.9 Å². The summed E-state index contributed by atoms with van der Waals surface area (Å²) in [6, 6.07) is 6.60. The van der Waals surface area contributed by atoms with Gasteiger partial charge in [-0.15, -0.1) is 0 Å². The average molecular weight is 595 g/mol. The molecule has 0 bridgehead atoms. The Morgan fingerprint density at radius 1 is 1.09 bits per heavy atom. The minimum absolute atomic E-state index is 0.0143. The van der Waals surface area contributed by atoms with E-state index in [-0.39, 0.29) is 42.1 Å². The summed E-state index contributed by atoms with van der Waals surface area (Å²) in [6.45, 7) is 0.539. The van der Waals surface area contributed by atoms with Crippen molar-refractivity contribution in [3.8, 4) is 5.75 Å². The van der Waals surface area contributed by atoms with Gasteiger partial charge in [0.2, 0.25) is 5.78 Å². The molecule has 1 fully saturated rings. The van der Waals surface area contributed by atoms with Crippen LogP contribution in [0.1, 0.15) is 28.7 Å². The number of phenols is 1. The van der Waals surface area contributed by atoms with Gasteiger partial charge >= 0.3 is 0 Å². The van der Waals surface area contributed by atoms with Crippen LogP contribution in [0.4, 0.5) is 10.1 Å². The molecule has 0 radical (unpaired) electrons. The number of aromatic hydroxyl groups is 1. The normalized spacial score (nSPS) is 25.0. The van der Waals surface area contributed by atoms with Gasteiger partial charge in [-0.05, 0) is 62.2 Å². The fraction of sp³-hybridized carbons (Fsp3) is 0.387. The number of phenolic OH excluding ortho intramolecular Hbond substituents is 1. The summed E-state index contributed by atoms with van der Waals surface area (Å²) in [5.41, 5.74) is 4.17. The Balaban J connectivity index is 1.61. The van der Waals surface area contributed by atoms with Crippen molar-refractivity contribution in [3.05, 3.63) is 75.3 Å². The number of rotatable bonds is 7. The monoisotopic (exact) mass is 594 g/mol. The van der Waals surface area contributed by atoms with Crippen molar-refractivity contribution in [2.45, 2.75) is 37.6 Å². The summed E-state index contributed by atoms with van der Waals surface area (Å²) in [5.74, 6) is -7.23. The van der Waals surface area contributed by atoms with E-state index in [9.17, 15) is 39.2 Å². The fourth-order valence-corrected chi connectivity index (χ4v) is 6.82. The van der Waals surface area contributed by atoms with E-state index in [4.69, 9.17) is 5.73 Å². The number of anilines is 1. The van der Waals surface area contributed by atoms with Crippen molar-refractivity contribution in [2.24, 2.45) is 17.6 Å². The number of likely N-dealkylation sites (N-methyl/N-ethyl adjacent to an activating group) is 1. The smallest absolute Gasteiger partial charge is 0.255 e. The predicted molar refractivity (Wildman–Crippen MR) is 156 cm³/mol. The highest BCUT2D eigenvalue weighted by atomic mass is 19.1. The van der Waals surface area contributed by atoms with Gasteiger partial charge < -0.3 is 36.4 Å². The van der Waals surface area contributed by atoms with Crippen LogP contribution >= 0.6 is 0 Å². The molecule has 0 saturated heterocycles. The molecule has 3 aliphatic carbocycles. The molecule has 4 atom stereocenters. The van der Waals surface area contributed by atoms with E-state index < -0.39 is 58.0 Å². The van der Waals surface area contributed by atoms with Crippen LogP contribution in [0.25, 0.3) is 5.76 Å². The second-order valence-electron chi connectivity index (χ2n) is 11.8. The van der Waals surface area contributed by atoms with Crippen molar-refractivity contribution in [2.75, 3.05) is 33.1 Å². The second kappa shape index (κ2) is 10.8. The zero-order valence-electron chi connectivity index (χ0n) is 24.3. The molecule has 11 nitrogen and oxygen atoms in total. The van der Waals surface area contributed by atoms with Crippen molar-refractivity contribution in [1.82, 2.24) is 10.2 Å². The molecule has 0 aromatic heterocycles. The fourth-order valence-electron chi connectivity index (χ4n) is 6.82. The number of aliphatic hydroxyl groups excluding tert-OH is 2. The third kappa shape index (κ3) is 4.66. The summed E-state index contributed by atoms with van der Waals surface area (Å²) in [7, 11) is 6.72. The minimum Gasteiger partial charge on any atom is -0.508 e. The van der Waals surface area contributed by atoms with Crippen LogP contribution in [0.5, 0.6) is 5.75 Å². The first-order valence-corrected chi connectivity index (χ1v) is 13.8. The highest BCUT2D eigenvalue weighted by Crippen LogP contribution is 2.54. The van der Waals surface area contributed by atoms with Gasteiger partial charge in [0, 0.05) is 49.9 Å². The lowest BCUT2D eigenvalue weighted by Crippen LogP contribution is -2.65. The zero-order valence-corrected chi connectivity index (χ0v) is 24.3. The van der Waals surface area contributed by atoms with E-state index in [0.717, 1.165) is 5.56 Å². The Kier molecular flexibility index (Phi) is 7.57. The number of hydrogen-bond acceptors (Lipinski definition) is 10. The summed E-state index contributed by atoms with van der Waals surface area (Å²) in [6.07, 6.45) is 0.208. The molecule has 2 aromatic carbocycles. The van der Waals surface area contributed by atoms with E-state index in [1.165, 1.54) is 17.0 Å². The number of nitrogens with two attached hydrogens (primary N) is 1. The first-order valence-electron chi connectivity index (χ1n) is 13.8. The van der Waals surface area contributed by atoms with Crippen LogP contribution in [0.15, 0.2) is 47.2 Å². The maximum Gasteiger partial charge on any atom is 0.255 e. The Hall–Kier alpha value is -4.26. The molecule has 7 N–H and O–H groups in total. The summed E-state index contributed by atoms with van der Waals surface area (Å²) in [4.78, 5) is 42.8. The molecule has 0 unspecified atom stereocenters. The second-order valence-corrected chi connectivity index (χ2v) is 11.8. The SMILES string of the molecule is CN(C)c1cc(CNCc2ccc(F)cc2)c(O)c2c1C[C@H]1C[C@H]3[C@H](N(C)C)C(=O)C(C(N)=O)=C(O)[C@@]3(O)C(=O)C1=C2O. The van der Waals surface area contributed by atoms with Gasteiger partial charge in [0.1, 0.15) is 28.7 Å². The lowest BCUT2D eigenvalue weighted by atomic mass is 9.57. The third-order valence-electron chi connectivity index (χ3n) is 8.82. The number of nitrogens with zero attached hydrogens (tertiary/aromatic N) is 2. The molecular formula is C31H35FN4O7. The first kappa shape index (κ1) is 30.2. The predicted octanol–water partition coefficient (Wildman–Crippen LogP) is 1.46. The van der Waals surface area contributed by atoms with E-state index in [1.54, 1.807) is 46.4 Å². The number of benzene rings is 2. The number of fused-ring (bicyclic) bond motifs is 3. The van der Waals surface area contributed by atoms with Crippen LogP contribution < -0.4 is 16.0 Å². The number of Topliss-reactive ketones (excluding diaryl/α,β-unsaturated/α-hetero) is 2. The molecule has 228 valence electrons. The van der Waals surface area contributed by atoms with Gasteiger partial charge in [0.25, 0.3) is 5.91 Å². The number of aliphatic hydroxyl groups is 3. The molecule has 12 heteroatoms. The van der Waals surface area contributed by atoms with Crippen molar-refractivity contribution in [1.29, 1.82) is 0 Å². The van der Waals surface area contributed by atoms with Crippen LogP contribution in [-0.4, -0.2) is 82.6 Å². The lowest BCUT2D eigenvalue weighted by molar-refractivity contribution is -0.153. The molecule has 0 spiro atoms. The molecular weight excluding hydrogens is 559 g/mol. The summed E-state index contributed by atoms with van der Waals surface area (Å²) in [5, 5.41) is 49.0. The first-order chi connectivity index (χ1) is 20.2. The number of ketones is 2. The molecule has 5 rings (SSSR count). The largest absolute Gasteiger partial charge is 0.508 e. The number of hydrogen-bond donors (Lipinski definition) is 6. The van der Waals surface area contributed by atoms with Gasteiger partial charge in [0.05, 0.1) is 11.6 Å². The van der Waals surface area contributed by atoms with E-state index in [1.807, 2.05) is 4.90 Å². The number of primary amides is 1. The van der Waals surface area contributed by atoms with Crippen LogP contribution in [0.3, 0.4) is 0 Å². The molecule has 0 heterocycles. The highest BCUT2D eigenvalue weighted by Gasteiger charge is 2.64. The van der Waals surface area contributed by atoms with Gasteiger partial charge in [-0.25, -0.2) is 4.39 Å². The maximum absolute atomic E-state index is 14.1. The van der Waals surface area contributed by atoms with Gasteiger partial charge in [-0.1, -0.05) is 12.1 Å². The Morgan fingerprint density at radius 3 is 2.33 bits per heavy atom. The molecule has 1 amide bonds. The maximum atomic E-state index is 14.1. The number of carbonyl (C=O) groups excluding carboxylic acids is 3. The summed E-state index contributed by atoms with van der Waals surface area (Å²) < 4.78 is 13.3. The molecule has 43 heavy (non-hydrogen) atoms. The molecule has 0 aliphatic heterocycles. The highest BCUT2D eigenvalue weighted by molar-refractivity contribution is 6.24. The van der Waals surface area contributed by atoms with Crippen LogP contribution in [0, 0.1) is 17.7 Å². The van der Waals surface area contributed by atoms with E-state index in [2.05, 4.69) is 5.32 Å². The van der Waals surface area contributed by atoms with E-state index in [0.29, 0.717) is 23.4 Å². The number of nitrogens with one attached hydrogen (secondary N) is 1. The molecule has 3 aliphatic rings. The van der Waals surface area contributed by atoms with E-state index >= 15 is 0 Å². The number of carbonyl (C=O) groups is 3. The summed E-state index contributed by atoms with van der Waals surface area (Å²) >= 11 is 0. The van der Waals surface area contributed by atoms with Gasteiger partial charge in [0.15, 0.2) is 11.4 Å². The van der Waals surface area contributed by atoms with Gasteiger partial charge in [-0.2, -0.15) is 0 Å². The molecule has 2 aromatic rings. The van der Waals surface area contributed by atoms with Crippen molar-refractivity contribution in [3.63, 3.8) is 0 Å². The Morgan fingerprint density at radius 2 is 1.74 bits per heavy atom. The number of halogens is 1. The molecule has 1 saturated carbocycles. The standard InChI is InChI=1S/C31H35FN4O7/c1-35(2)20-11-16(13-34-12-14-5-7-17(32)8-6-14)25(37)22-18(20)9-15-10-19-24(36(3)4)27(39)23(30(33)42)29(41)31(19,43)28(40)21(15)26(22)38/h5-8,11,15,19,24,34,37-38,41,43H,9-10,12-13H2,1-4H3,(H2,33,42)/t15-,19-,24-,31-/m0/s1. The minimum atomic E-state index is -2.70. The Bertz CT molecular complexity index is 1600. The average Bonchev–Trinajstić information content (AvgIpc) is 2.92. The quantitative estimate of drug-likeness (QED) is 0.257. The van der Waals surface area contributed by atoms with Crippen molar-refractivity contribution < 1.29 is 39.2 Å². The van der Waals surface area contributed by atoms with Crippen LogP contribution in [0.2, 0.25) is 0 Å². The van der Waals surface area contributed by atoms with Gasteiger partial charge in [-0.3, -0.25) is 19.3 Å². The number of amides is 1. The van der Waals surface area contributed by atoms with Crippen molar-refractivity contribution >= 4 is 28.9 Å². The zero-order chi connectivity index (χ0) is 31.5. The Labute approximate surface area is 247 Å².